The van der Waals surface area contributed by atoms with Gasteiger partial charge in [-0.3, -0.25) is 0 Å². The van der Waals surface area contributed by atoms with E-state index >= 15 is 0 Å². The maximum absolute atomic E-state index is 12.6. The number of rotatable bonds is 4. The maximum atomic E-state index is 12.6. The first kappa shape index (κ1) is 18.4. The van der Waals surface area contributed by atoms with Crippen LogP contribution in [0.2, 0.25) is 0 Å². The molecule has 1 aromatic rings. The lowest BCUT2D eigenvalue weighted by atomic mass is 9.99. The molecule has 25 heavy (non-hydrogen) atoms. The van der Waals surface area contributed by atoms with E-state index in [1.165, 1.54) is 6.07 Å². The first-order chi connectivity index (χ1) is 12.0. The minimum absolute atomic E-state index is 0.0726. The van der Waals surface area contributed by atoms with Crippen LogP contribution in [-0.2, 0) is 15.7 Å². The van der Waals surface area contributed by atoms with Crippen LogP contribution in [0.4, 0.5) is 19.0 Å². The Morgan fingerprint density at radius 2 is 2.00 bits per heavy atom. The second kappa shape index (κ2) is 7.88. The number of alkyl halides is 3. The molecule has 3 rings (SSSR count). The topological polar surface area (TPSA) is 46.6 Å². The van der Waals surface area contributed by atoms with Gasteiger partial charge in [0.05, 0.1) is 18.3 Å². The van der Waals surface area contributed by atoms with Crippen LogP contribution in [0.25, 0.3) is 0 Å². The minimum atomic E-state index is -4.34. The Morgan fingerprint density at radius 1 is 1.24 bits per heavy atom. The summed E-state index contributed by atoms with van der Waals surface area (Å²) in [5.41, 5.74) is -0.710. The van der Waals surface area contributed by atoms with Gasteiger partial charge in [-0.2, -0.15) is 13.2 Å². The molecule has 3 heterocycles. The van der Waals surface area contributed by atoms with E-state index in [1.54, 1.807) is 7.11 Å². The van der Waals surface area contributed by atoms with Crippen LogP contribution >= 0.6 is 0 Å². The Labute approximate surface area is 145 Å². The predicted octanol–water partition coefficient (Wildman–Crippen LogP) is 2.46. The lowest BCUT2D eigenvalue weighted by Gasteiger charge is -2.38. The molecular formula is C17H24F3N3O2. The number of hydrogen-bond donors (Lipinski definition) is 1. The van der Waals surface area contributed by atoms with Gasteiger partial charge in [0.1, 0.15) is 5.82 Å². The average Bonchev–Trinajstić information content (AvgIpc) is 2.62. The van der Waals surface area contributed by atoms with Gasteiger partial charge < -0.3 is 19.7 Å². The van der Waals surface area contributed by atoms with Crippen molar-refractivity contribution in [3.8, 4) is 0 Å². The van der Waals surface area contributed by atoms with Gasteiger partial charge in [0, 0.05) is 45.1 Å². The molecule has 0 amide bonds. The van der Waals surface area contributed by atoms with E-state index in [-0.39, 0.29) is 6.10 Å². The molecule has 2 fully saturated rings. The summed E-state index contributed by atoms with van der Waals surface area (Å²) in [6.45, 7) is 2.90. The van der Waals surface area contributed by atoms with Gasteiger partial charge in [0.2, 0.25) is 0 Å². The van der Waals surface area contributed by atoms with Crippen LogP contribution in [0, 0.1) is 0 Å². The van der Waals surface area contributed by atoms with Crippen molar-refractivity contribution in [2.45, 2.75) is 43.6 Å². The van der Waals surface area contributed by atoms with Crippen molar-refractivity contribution in [2.24, 2.45) is 0 Å². The molecule has 2 aliphatic rings. The molecule has 2 aliphatic heterocycles. The van der Waals surface area contributed by atoms with Gasteiger partial charge in [0.15, 0.2) is 0 Å². The van der Waals surface area contributed by atoms with Crippen LogP contribution in [0.5, 0.6) is 0 Å². The van der Waals surface area contributed by atoms with Crippen molar-refractivity contribution < 1.29 is 22.6 Å². The maximum Gasteiger partial charge on any atom is 0.417 e. The number of anilines is 1. The Balaban J connectivity index is 1.51. The van der Waals surface area contributed by atoms with Gasteiger partial charge in [0.25, 0.3) is 0 Å². The lowest BCUT2D eigenvalue weighted by molar-refractivity contribution is -0.137. The summed E-state index contributed by atoms with van der Waals surface area (Å²) >= 11 is 0. The van der Waals surface area contributed by atoms with Crippen molar-refractivity contribution >= 4 is 5.82 Å². The zero-order valence-corrected chi connectivity index (χ0v) is 14.3. The molecule has 0 aromatic carbocycles. The fourth-order valence-corrected chi connectivity index (χ4v) is 3.45. The van der Waals surface area contributed by atoms with E-state index in [0.717, 1.165) is 51.2 Å². The summed E-state index contributed by atoms with van der Waals surface area (Å²) < 4.78 is 48.8. The number of aromatic nitrogens is 1. The largest absolute Gasteiger partial charge is 0.417 e. The highest BCUT2D eigenvalue weighted by atomic mass is 19.4. The number of ether oxygens (including phenoxy) is 2. The third kappa shape index (κ3) is 4.62. The first-order valence-electron chi connectivity index (χ1n) is 8.62. The van der Waals surface area contributed by atoms with Crippen LogP contribution in [-0.4, -0.2) is 56.6 Å². The highest BCUT2D eigenvalue weighted by Crippen LogP contribution is 2.29. The van der Waals surface area contributed by atoms with Crippen LogP contribution in [0.3, 0.4) is 0 Å². The first-order valence-corrected chi connectivity index (χ1v) is 8.62. The van der Waals surface area contributed by atoms with Crippen LogP contribution in [0.15, 0.2) is 18.3 Å². The molecule has 8 heteroatoms. The van der Waals surface area contributed by atoms with E-state index < -0.39 is 11.7 Å². The van der Waals surface area contributed by atoms with Gasteiger partial charge in [-0.25, -0.2) is 4.98 Å². The Hall–Kier alpha value is -1.38. The summed E-state index contributed by atoms with van der Waals surface area (Å²) in [7, 11) is 1.70. The Kier molecular flexibility index (Phi) is 5.81. The predicted molar refractivity (Wildman–Crippen MR) is 87.6 cm³/mol. The fraction of sp³-hybridized carbons (Fsp3) is 0.706. The van der Waals surface area contributed by atoms with Crippen molar-refractivity contribution in [3.05, 3.63) is 23.9 Å². The van der Waals surface area contributed by atoms with Crippen LogP contribution < -0.4 is 10.2 Å². The molecule has 0 aliphatic carbocycles. The summed E-state index contributed by atoms with van der Waals surface area (Å²) in [5.74, 6) is 0.604. The zero-order valence-electron chi connectivity index (χ0n) is 14.3. The lowest BCUT2D eigenvalue weighted by Crippen LogP contribution is -2.53. The molecule has 140 valence electrons. The second-order valence-electron chi connectivity index (χ2n) is 6.58. The quantitative estimate of drug-likeness (QED) is 0.895. The zero-order chi connectivity index (χ0) is 17.9. The van der Waals surface area contributed by atoms with E-state index in [9.17, 15) is 13.2 Å². The number of halogens is 3. The summed E-state index contributed by atoms with van der Waals surface area (Å²) in [6, 6.07) is 3.22. The number of nitrogens with zero attached hydrogens (tertiary/aromatic N) is 2. The summed E-state index contributed by atoms with van der Waals surface area (Å²) in [6.07, 6.45) is -0.579. The molecule has 5 nitrogen and oxygen atoms in total. The number of methoxy groups -OCH3 is 1. The molecule has 0 bridgehead atoms. The molecular weight excluding hydrogens is 335 g/mol. The van der Waals surface area contributed by atoms with Crippen molar-refractivity contribution in [3.63, 3.8) is 0 Å². The molecule has 0 spiro atoms. The molecule has 0 unspecified atom stereocenters. The Bertz CT molecular complexity index is 545. The molecule has 1 aromatic heterocycles. The van der Waals surface area contributed by atoms with Gasteiger partial charge >= 0.3 is 6.18 Å². The molecule has 2 saturated heterocycles. The number of piperidine rings is 1. The van der Waals surface area contributed by atoms with Gasteiger partial charge in [-0.1, -0.05) is 0 Å². The van der Waals surface area contributed by atoms with Crippen LogP contribution in [0.1, 0.15) is 24.8 Å². The molecule has 0 saturated carbocycles. The standard InChI is InChI=1S/C17H24F3N3O2/c1-24-15-11-25-9-6-14(15)22-13-4-7-23(8-5-13)16-3-2-12(10-21-16)17(18,19)20/h2-3,10,13-15,22H,4-9,11H2,1H3/t14-,15-/m1/s1. The van der Waals surface area contributed by atoms with E-state index in [4.69, 9.17) is 9.47 Å². The van der Waals surface area contributed by atoms with E-state index in [2.05, 4.69) is 10.3 Å². The highest BCUT2D eigenvalue weighted by molar-refractivity contribution is 5.40. The van der Waals surface area contributed by atoms with Crippen molar-refractivity contribution in [1.29, 1.82) is 0 Å². The summed E-state index contributed by atoms with van der Waals surface area (Å²) in [5, 5.41) is 3.66. The number of pyridine rings is 1. The van der Waals surface area contributed by atoms with Gasteiger partial charge in [-0.15, -0.1) is 0 Å². The smallest absolute Gasteiger partial charge is 0.379 e. The average molecular weight is 359 g/mol. The highest BCUT2D eigenvalue weighted by Gasteiger charge is 2.32. The second-order valence-corrected chi connectivity index (χ2v) is 6.58. The molecule has 1 N–H and O–H groups in total. The fourth-order valence-electron chi connectivity index (χ4n) is 3.45. The third-order valence-corrected chi connectivity index (χ3v) is 4.95. The number of nitrogens with one attached hydrogen (secondary N) is 1. The van der Waals surface area contributed by atoms with Crippen molar-refractivity contribution in [2.75, 3.05) is 38.3 Å². The van der Waals surface area contributed by atoms with E-state index in [0.29, 0.717) is 24.5 Å². The van der Waals surface area contributed by atoms with E-state index in [1.807, 2.05) is 4.90 Å². The molecule has 0 radical (unpaired) electrons. The van der Waals surface area contributed by atoms with Crippen molar-refractivity contribution in [1.82, 2.24) is 10.3 Å². The number of hydrogen-bond acceptors (Lipinski definition) is 5. The monoisotopic (exact) mass is 359 g/mol. The third-order valence-electron chi connectivity index (χ3n) is 4.95. The van der Waals surface area contributed by atoms with Gasteiger partial charge in [-0.05, 0) is 31.4 Å². The Morgan fingerprint density at radius 3 is 2.60 bits per heavy atom. The normalized spacial score (nSPS) is 26.0. The summed E-state index contributed by atoms with van der Waals surface area (Å²) in [4.78, 5) is 6.02. The minimum Gasteiger partial charge on any atom is -0.379 e. The SMILES string of the molecule is CO[C@@H]1COCC[C@H]1NC1CCN(c2ccc(C(F)(F)F)cn2)CC1. The molecule has 2 atom stereocenters.